The van der Waals surface area contributed by atoms with Gasteiger partial charge in [0, 0.05) is 60.7 Å². The average Bonchev–Trinajstić information content (AvgIpc) is 1.60. The van der Waals surface area contributed by atoms with Gasteiger partial charge in [-0.05, 0) is 175 Å². The second kappa shape index (κ2) is 19.8. The van der Waals surface area contributed by atoms with Crippen molar-refractivity contribution in [2.24, 2.45) is 0 Å². The summed E-state index contributed by atoms with van der Waals surface area (Å²) in [6, 6.07) is 27.2. The molecule has 0 spiro atoms. The van der Waals surface area contributed by atoms with E-state index >= 15 is 0 Å². The molecular formula is C74H56N4OPt-2. The number of aryl methyl sites for hydroxylation is 4. The number of rotatable bonds is 7. The Bertz CT molecular complexity index is 5790. The standard InChI is InChI=1S/C74H56N4O.Pt/c1-46-20-17-21-47(2)70(46)51-38-63(50-24-9-8-10-25-50)72-64(39-51)59-30-13-11-28-57(59)58-29-12-14-31-60(58)65-40-52(71-48(3)22-18-23-49(71)4)41-68-73(65)77(72)45-76(68)54-26-19-27-55(43-54)79-56-34-35-62-61-32-15-16-33-66(61)78(67(62)44-56)69-42-53(36-37-75-69)74(5,6)7;/h8-42H,1-7H3;/q-2;/i1D3,2D3,3D3,4D3,8D,9D,10D,11D,12D,13D,14D,24D,25D,28D,29D,30D,31D;. The van der Waals surface area contributed by atoms with Crippen LogP contribution in [-0.4, -0.2) is 14.1 Å². The van der Waals surface area contributed by atoms with E-state index in [0.29, 0.717) is 11.3 Å². The maximum Gasteiger partial charge on any atom is 0.268 e. The SMILES string of the molecule is [2H]c1c([2H])c([2H])c(-c2cc(-c3c(C([2H])([2H])[2H])cccc3C([2H])([2H])[2H])cc3c2-[n+]2[c-]n(-c4[c-]c(Oc5[c-]c6c(cc5)c5ccccc5n6-c5cc(C(C)(C)C)ccn5)ccc4)c4cc(-c5c(C([2H])([2H])[2H])cccc5C([2H])([2H])[2H])cc(c42)-c2c([2H])c([2H])c([2H])c([2H])c2-c2c([2H])c([2H])c([2H])c([2H])c2-3)c([2H])c1[2H].[Pt]. The minimum Gasteiger partial charge on any atom is -0.510 e. The van der Waals surface area contributed by atoms with E-state index in [2.05, 4.69) is 39.2 Å². The van der Waals surface area contributed by atoms with Crippen LogP contribution < -0.4 is 9.30 Å². The summed E-state index contributed by atoms with van der Waals surface area (Å²) in [4.78, 5) is 4.81. The van der Waals surface area contributed by atoms with E-state index in [4.69, 9.17) is 27.5 Å². The Kier molecular flexibility index (Phi) is 7.39. The van der Waals surface area contributed by atoms with E-state index in [1.807, 2.05) is 47.0 Å². The van der Waals surface area contributed by atoms with Crippen LogP contribution in [0.2, 0.25) is 0 Å². The summed E-state index contributed by atoms with van der Waals surface area (Å²) in [6.45, 7) is -6.12. The molecule has 1 aliphatic rings. The average molecular weight is 1240 g/mol. The van der Waals surface area contributed by atoms with Gasteiger partial charge in [0.25, 0.3) is 6.33 Å². The zero-order chi connectivity index (χ0) is 75.0. The van der Waals surface area contributed by atoms with E-state index in [1.54, 1.807) is 30.5 Å². The van der Waals surface area contributed by atoms with Crippen molar-refractivity contribution >= 4 is 32.8 Å². The molecule has 0 saturated carbocycles. The number of aromatic nitrogens is 4. The number of hydrogen-bond donors (Lipinski definition) is 0. The maximum atomic E-state index is 10.1. The summed E-state index contributed by atoms with van der Waals surface area (Å²) < 4.78 is 242. The van der Waals surface area contributed by atoms with Gasteiger partial charge in [-0.3, -0.25) is 4.57 Å². The number of pyridine rings is 1. The topological polar surface area (TPSA) is 35.9 Å². The second-order valence-electron chi connectivity index (χ2n) is 20.1. The number of fused-ring (bicyclic) bond motifs is 10. The molecule has 390 valence electrons. The van der Waals surface area contributed by atoms with Crippen LogP contribution in [-0.2, 0) is 26.5 Å². The van der Waals surface area contributed by atoms with Gasteiger partial charge in [-0.1, -0.05) is 166 Å². The van der Waals surface area contributed by atoms with E-state index < -0.39 is 178 Å². The summed E-state index contributed by atoms with van der Waals surface area (Å²) in [5.74, 6) is 0.819. The molecule has 6 heteroatoms. The summed E-state index contributed by atoms with van der Waals surface area (Å²) in [7, 11) is 0. The van der Waals surface area contributed by atoms with Gasteiger partial charge in [-0.2, -0.15) is 18.2 Å². The summed E-state index contributed by atoms with van der Waals surface area (Å²) >= 11 is 0. The van der Waals surface area contributed by atoms with Crippen LogP contribution in [0, 0.1) is 45.9 Å². The Morgan fingerprint density at radius 1 is 0.525 bits per heavy atom. The normalized spacial score (nSPS) is 17.0. The largest absolute Gasteiger partial charge is 0.510 e. The summed E-state index contributed by atoms with van der Waals surface area (Å²) in [5.41, 5.74) is -6.28. The van der Waals surface area contributed by atoms with Gasteiger partial charge in [0.2, 0.25) is 0 Å². The first kappa shape index (κ1) is 29.9. The molecule has 1 aliphatic heterocycles. The fourth-order valence-corrected chi connectivity index (χ4v) is 10.7. The zero-order valence-electron chi connectivity index (χ0n) is 67.7. The maximum absolute atomic E-state index is 10.1. The first-order chi connectivity index (χ1) is 48.7. The molecule has 0 aliphatic carbocycles. The fourth-order valence-electron chi connectivity index (χ4n) is 10.7. The number of nitrogens with zero attached hydrogens (tertiary/aromatic N) is 4. The van der Waals surface area contributed by atoms with Crippen molar-refractivity contribution in [3.05, 3.63) is 258 Å². The van der Waals surface area contributed by atoms with E-state index in [-0.39, 0.29) is 77.0 Å². The molecule has 0 N–H and O–H groups in total. The molecule has 0 fully saturated rings. The van der Waals surface area contributed by atoms with Crippen LogP contribution in [0.4, 0.5) is 0 Å². The minimum atomic E-state index is -3.13. The van der Waals surface area contributed by atoms with Crippen molar-refractivity contribution in [1.82, 2.24) is 14.1 Å². The van der Waals surface area contributed by atoms with Crippen LogP contribution in [0.25, 0.3) is 117 Å². The molecule has 0 radical (unpaired) electrons. The monoisotopic (exact) mass is 1240 g/mol. The minimum absolute atomic E-state index is 0. The molecule has 14 rings (SSSR count). The third-order valence-corrected chi connectivity index (χ3v) is 14.3. The first-order valence-electron chi connectivity index (χ1n) is 37.6. The van der Waals surface area contributed by atoms with Crippen molar-refractivity contribution in [2.75, 3.05) is 0 Å². The Hall–Kier alpha value is -8.89. The van der Waals surface area contributed by atoms with Crippen molar-refractivity contribution in [3.8, 4) is 95.5 Å². The van der Waals surface area contributed by atoms with Crippen LogP contribution in [0.15, 0.2) is 212 Å². The Labute approximate surface area is 517 Å². The van der Waals surface area contributed by atoms with Gasteiger partial charge in [-0.15, -0.1) is 29.7 Å². The van der Waals surface area contributed by atoms with Crippen molar-refractivity contribution in [3.63, 3.8) is 0 Å². The Morgan fingerprint density at radius 3 is 1.79 bits per heavy atom. The number of para-hydroxylation sites is 1. The number of benzene rings is 10. The number of ether oxygens (including phenoxy) is 1. The third-order valence-electron chi connectivity index (χ3n) is 14.3. The third kappa shape index (κ3) is 8.42. The molecule has 5 nitrogen and oxygen atoms in total. The van der Waals surface area contributed by atoms with Crippen LogP contribution in [0.1, 0.15) is 82.9 Å². The van der Waals surface area contributed by atoms with Gasteiger partial charge >= 0.3 is 0 Å². The molecule has 13 aromatic rings. The van der Waals surface area contributed by atoms with E-state index in [9.17, 15) is 16.4 Å². The van der Waals surface area contributed by atoms with E-state index in [0.717, 1.165) is 34.0 Å². The van der Waals surface area contributed by atoms with Crippen molar-refractivity contribution < 1.29 is 64.6 Å². The molecular weight excluding hydrogens is 1160 g/mol. The summed E-state index contributed by atoms with van der Waals surface area (Å²) in [6.07, 6.45) is 5.07. The van der Waals surface area contributed by atoms with Gasteiger partial charge in [0.1, 0.15) is 5.82 Å². The predicted octanol–water partition coefficient (Wildman–Crippen LogP) is 18.4. The predicted molar refractivity (Wildman–Crippen MR) is 324 cm³/mol. The zero-order valence-corrected chi connectivity index (χ0v) is 45.0. The molecule has 0 amide bonds. The number of hydrogen-bond acceptors (Lipinski definition) is 2. The van der Waals surface area contributed by atoms with Crippen molar-refractivity contribution in [1.29, 1.82) is 0 Å². The van der Waals surface area contributed by atoms with Crippen LogP contribution in [0.5, 0.6) is 11.5 Å². The van der Waals surface area contributed by atoms with E-state index in [1.165, 1.54) is 57.7 Å². The molecule has 0 unspecified atom stereocenters. The molecule has 10 aromatic carbocycles. The molecule has 0 bridgehead atoms. The first-order valence-corrected chi connectivity index (χ1v) is 25.1. The smallest absolute Gasteiger partial charge is 0.268 e. The molecule has 3 aromatic heterocycles. The van der Waals surface area contributed by atoms with Crippen molar-refractivity contribution in [2.45, 2.75) is 53.6 Å². The summed E-state index contributed by atoms with van der Waals surface area (Å²) in [5, 5.41) is 1.71. The van der Waals surface area contributed by atoms with Crippen LogP contribution in [0.3, 0.4) is 0 Å². The molecule has 80 heavy (non-hydrogen) atoms. The number of imidazole rings is 1. The van der Waals surface area contributed by atoms with Gasteiger partial charge in [0.15, 0.2) is 0 Å². The Balaban J connectivity index is 0.00000978. The van der Waals surface area contributed by atoms with Crippen LogP contribution >= 0.6 is 0 Å². The fraction of sp³-hybridized carbons (Fsp3) is 0.108. The molecule has 0 atom stereocenters. The molecule has 4 heterocycles. The Morgan fingerprint density at radius 2 is 1.11 bits per heavy atom. The molecule has 0 saturated heterocycles. The quantitative estimate of drug-likeness (QED) is 0.118. The van der Waals surface area contributed by atoms with Gasteiger partial charge in [-0.25, -0.2) is 4.98 Å². The van der Waals surface area contributed by atoms with Gasteiger partial charge < -0.3 is 13.9 Å². The second-order valence-corrected chi connectivity index (χ2v) is 20.1. The van der Waals surface area contributed by atoms with Gasteiger partial charge in [0.05, 0.1) is 34.5 Å².